The third kappa shape index (κ3) is 3.07. The molecule has 1 aromatic carbocycles. The van der Waals surface area contributed by atoms with Gasteiger partial charge in [0, 0.05) is 18.4 Å². The summed E-state index contributed by atoms with van der Waals surface area (Å²) in [5.74, 6) is 2.06. The molecule has 3 rings (SSSR count). The van der Waals surface area contributed by atoms with Crippen molar-refractivity contribution >= 4 is 0 Å². The highest BCUT2D eigenvalue weighted by Gasteiger charge is 2.25. The Morgan fingerprint density at radius 2 is 1.90 bits per heavy atom. The molecule has 0 saturated heterocycles. The highest BCUT2D eigenvalue weighted by atomic mass is 16.5. The lowest BCUT2D eigenvalue weighted by molar-refractivity contribution is 0.288. The van der Waals surface area contributed by atoms with E-state index in [1.807, 2.05) is 25.2 Å². The molecule has 4 nitrogen and oxygen atoms in total. The Labute approximate surface area is 119 Å². The number of nitrogens with one attached hydrogen (secondary N) is 1. The summed E-state index contributed by atoms with van der Waals surface area (Å²) in [6.45, 7) is 0. The van der Waals surface area contributed by atoms with E-state index in [-0.39, 0.29) is 0 Å². The van der Waals surface area contributed by atoms with Gasteiger partial charge in [-0.15, -0.1) is 0 Å². The van der Waals surface area contributed by atoms with Gasteiger partial charge in [-0.25, -0.2) is 0 Å². The van der Waals surface area contributed by atoms with E-state index in [1.54, 1.807) is 0 Å². The molecule has 1 heterocycles. The van der Waals surface area contributed by atoms with Gasteiger partial charge < -0.3 is 9.84 Å². The van der Waals surface area contributed by atoms with E-state index < -0.39 is 0 Å². The number of rotatable bonds is 4. The van der Waals surface area contributed by atoms with Crippen LogP contribution >= 0.6 is 0 Å². The number of aromatic nitrogens is 2. The van der Waals surface area contributed by atoms with E-state index >= 15 is 0 Å². The molecule has 1 saturated carbocycles. The van der Waals surface area contributed by atoms with E-state index in [0.29, 0.717) is 12.0 Å². The van der Waals surface area contributed by atoms with Crippen molar-refractivity contribution in [3.63, 3.8) is 0 Å². The third-order valence-electron chi connectivity index (χ3n) is 4.17. The third-order valence-corrected chi connectivity index (χ3v) is 4.17. The summed E-state index contributed by atoms with van der Waals surface area (Å²) in [7, 11) is 2.04. The second-order valence-corrected chi connectivity index (χ2v) is 5.55. The van der Waals surface area contributed by atoms with Crippen LogP contribution in [0.25, 0.3) is 0 Å². The highest BCUT2D eigenvalue weighted by Crippen LogP contribution is 2.31. The van der Waals surface area contributed by atoms with E-state index in [1.165, 1.54) is 18.4 Å². The first-order chi connectivity index (χ1) is 9.85. The SMILES string of the molecule is CNC1CCC(c2nc(Cc3ccccc3)no2)CC1. The average Bonchev–Trinajstić information content (AvgIpc) is 2.97. The van der Waals surface area contributed by atoms with Gasteiger partial charge in [0.1, 0.15) is 0 Å². The normalized spacial score (nSPS) is 22.9. The predicted octanol–water partition coefficient (Wildman–Crippen LogP) is 2.91. The molecule has 20 heavy (non-hydrogen) atoms. The lowest BCUT2D eigenvalue weighted by atomic mass is 9.86. The highest BCUT2D eigenvalue weighted by molar-refractivity contribution is 5.18. The Balaban J connectivity index is 1.62. The zero-order chi connectivity index (χ0) is 13.8. The van der Waals surface area contributed by atoms with Crippen molar-refractivity contribution < 1.29 is 4.52 Å². The molecule has 1 N–H and O–H groups in total. The summed E-state index contributed by atoms with van der Waals surface area (Å²) in [4.78, 5) is 4.58. The van der Waals surface area contributed by atoms with E-state index in [4.69, 9.17) is 4.52 Å². The van der Waals surface area contributed by atoms with Crippen molar-refractivity contribution in [2.75, 3.05) is 7.05 Å². The number of hydrogen-bond donors (Lipinski definition) is 1. The van der Waals surface area contributed by atoms with Crippen molar-refractivity contribution in [3.05, 3.63) is 47.6 Å². The van der Waals surface area contributed by atoms with Crippen LogP contribution in [0.5, 0.6) is 0 Å². The molecule has 2 aromatic rings. The quantitative estimate of drug-likeness (QED) is 0.929. The Kier molecular flexibility index (Phi) is 4.11. The minimum Gasteiger partial charge on any atom is -0.339 e. The van der Waals surface area contributed by atoms with Crippen LogP contribution in [0.1, 0.15) is 48.9 Å². The fraction of sp³-hybridized carbons (Fsp3) is 0.500. The first-order valence-electron chi connectivity index (χ1n) is 7.39. The van der Waals surface area contributed by atoms with Crippen LogP contribution in [0.2, 0.25) is 0 Å². The Morgan fingerprint density at radius 1 is 1.15 bits per heavy atom. The van der Waals surface area contributed by atoms with Gasteiger partial charge in [0.25, 0.3) is 0 Å². The van der Waals surface area contributed by atoms with E-state index in [0.717, 1.165) is 31.0 Å². The van der Waals surface area contributed by atoms with Crippen molar-refractivity contribution in [3.8, 4) is 0 Å². The molecule has 1 aromatic heterocycles. The summed E-state index contributed by atoms with van der Waals surface area (Å²) in [5.41, 5.74) is 1.22. The summed E-state index contributed by atoms with van der Waals surface area (Å²) in [6.07, 6.45) is 5.41. The lowest BCUT2D eigenvalue weighted by Gasteiger charge is -2.25. The van der Waals surface area contributed by atoms with Gasteiger partial charge in [0.15, 0.2) is 5.82 Å². The zero-order valence-electron chi connectivity index (χ0n) is 11.9. The largest absolute Gasteiger partial charge is 0.339 e. The maximum Gasteiger partial charge on any atom is 0.229 e. The van der Waals surface area contributed by atoms with Crippen LogP contribution in [0.4, 0.5) is 0 Å². The second-order valence-electron chi connectivity index (χ2n) is 5.55. The molecule has 0 atom stereocenters. The molecule has 4 heteroatoms. The molecule has 0 aliphatic heterocycles. The number of benzene rings is 1. The second kappa shape index (κ2) is 6.18. The van der Waals surface area contributed by atoms with E-state index in [9.17, 15) is 0 Å². The topological polar surface area (TPSA) is 51.0 Å². The molecule has 0 amide bonds. The fourth-order valence-electron chi connectivity index (χ4n) is 2.91. The van der Waals surface area contributed by atoms with Crippen LogP contribution in [0.3, 0.4) is 0 Å². The van der Waals surface area contributed by atoms with Crippen LogP contribution in [-0.2, 0) is 6.42 Å². The molecule has 1 aliphatic carbocycles. The van der Waals surface area contributed by atoms with Gasteiger partial charge in [0.2, 0.25) is 5.89 Å². The molecule has 1 fully saturated rings. The van der Waals surface area contributed by atoms with Crippen molar-refractivity contribution in [1.82, 2.24) is 15.5 Å². The van der Waals surface area contributed by atoms with Gasteiger partial charge in [-0.1, -0.05) is 35.5 Å². The van der Waals surface area contributed by atoms with Gasteiger partial charge in [-0.3, -0.25) is 0 Å². The van der Waals surface area contributed by atoms with Gasteiger partial charge in [-0.2, -0.15) is 4.98 Å². The summed E-state index contributed by atoms with van der Waals surface area (Å²) in [5, 5.41) is 7.47. The number of hydrogen-bond acceptors (Lipinski definition) is 4. The zero-order valence-corrected chi connectivity index (χ0v) is 11.9. The Morgan fingerprint density at radius 3 is 2.60 bits per heavy atom. The van der Waals surface area contributed by atoms with E-state index in [2.05, 4.69) is 27.6 Å². The minimum absolute atomic E-state index is 0.441. The molecule has 106 valence electrons. The first-order valence-corrected chi connectivity index (χ1v) is 7.39. The molecule has 0 bridgehead atoms. The van der Waals surface area contributed by atoms with Gasteiger partial charge in [0.05, 0.1) is 0 Å². The van der Waals surface area contributed by atoms with Gasteiger partial charge in [-0.05, 0) is 38.3 Å². The number of nitrogens with zero attached hydrogens (tertiary/aromatic N) is 2. The van der Waals surface area contributed by atoms with Gasteiger partial charge >= 0.3 is 0 Å². The maximum absolute atomic E-state index is 5.46. The summed E-state index contributed by atoms with van der Waals surface area (Å²) >= 11 is 0. The van der Waals surface area contributed by atoms with Crippen LogP contribution in [0.15, 0.2) is 34.9 Å². The molecule has 1 aliphatic rings. The van der Waals surface area contributed by atoms with Crippen LogP contribution in [-0.4, -0.2) is 23.2 Å². The molecule has 0 radical (unpaired) electrons. The van der Waals surface area contributed by atoms with Crippen molar-refractivity contribution in [2.24, 2.45) is 0 Å². The molecule has 0 spiro atoms. The average molecular weight is 271 g/mol. The molecular formula is C16H21N3O. The summed E-state index contributed by atoms with van der Waals surface area (Å²) in [6, 6.07) is 10.9. The van der Waals surface area contributed by atoms with Crippen molar-refractivity contribution in [2.45, 2.75) is 44.1 Å². The van der Waals surface area contributed by atoms with Crippen LogP contribution in [0, 0.1) is 0 Å². The maximum atomic E-state index is 5.46. The fourth-order valence-corrected chi connectivity index (χ4v) is 2.91. The van der Waals surface area contributed by atoms with Crippen molar-refractivity contribution in [1.29, 1.82) is 0 Å². The van der Waals surface area contributed by atoms with Crippen LogP contribution < -0.4 is 5.32 Å². The smallest absolute Gasteiger partial charge is 0.229 e. The Bertz CT molecular complexity index is 530. The standard InChI is InChI=1S/C16H21N3O/c1-17-14-9-7-13(8-10-14)16-18-15(19-20-16)11-12-5-3-2-4-6-12/h2-6,13-14,17H,7-11H2,1H3. The monoisotopic (exact) mass is 271 g/mol. The molecule has 0 unspecified atom stereocenters. The lowest BCUT2D eigenvalue weighted by Crippen LogP contribution is -2.29. The molecular weight excluding hydrogens is 250 g/mol. The first kappa shape index (κ1) is 13.3. The Hall–Kier alpha value is -1.68. The summed E-state index contributed by atoms with van der Waals surface area (Å²) < 4.78 is 5.46. The minimum atomic E-state index is 0.441. The predicted molar refractivity (Wildman–Crippen MR) is 77.6 cm³/mol.